The van der Waals surface area contributed by atoms with Crippen molar-refractivity contribution in [2.45, 2.75) is 12.6 Å². The number of hydrogen-bond acceptors (Lipinski definition) is 4. The molecule has 0 aliphatic rings. The van der Waals surface area contributed by atoms with E-state index in [0.717, 1.165) is 5.56 Å². The van der Waals surface area contributed by atoms with Crippen LogP contribution in [0, 0.1) is 10.1 Å². The minimum absolute atomic E-state index is 0.137. The Morgan fingerprint density at radius 3 is 2.46 bits per heavy atom. The van der Waals surface area contributed by atoms with E-state index in [1.165, 1.54) is 12.1 Å². The molecule has 1 atom stereocenters. The first-order chi connectivity index (χ1) is 6.09. The minimum atomic E-state index is -1.08. The van der Waals surface area contributed by atoms with Gasteiger partial charge < -0.3 is 5.11 Å². The summed E-state index contributed by atoms with van der Waals surface area (Å²) in [6.07, 6.45) is -0.905. The molecule has 1 aromatic carbocycles. The maximum atomic E-state index is 10.2. The molecule has 0 fully saturated rings. The SMILES string of the molecule is N[C@@H](Cc1ccc(O)cc1)[N+](=O)[O-]. The van der Waals surface area contributed by atoms with Crippen LogP contribution in [0.15, 0.2) is 24.3 Å². The van der Waals surface area contributed by atoms with E-state index in [1.54, 1.807) is 12.1 Å². The molecule has 0 aliphatic heterocycles. The second-order valence-corrected chi connectivity index (χ2v) is 2.72. The minimum Gasteiger partial charge on any atom is -0.508 e. The zero-order valence-corrected chi connectivity index (χ0v) is 6.88. The maximum absolute atomic E-state index is 10.2. The van der Waals surface area contributed by atoms with Crippen molar-refractivity contribution in [1.82, 2.24) is 0 Å². The first kappa shape index (κ1) is 9.47. The van der Waals surface area contributed by atoms with Gasteiger partial charge in [0, 0.05) is 4.92 Å². The van der Waals surface area contributed by atoms with Gasteiger partial charge in [-0.3, -0.25) is 15.8 Å². The molecule has 0 saturated carbocycles. The van der Waals surface area contributed by atoms with Gasteiger partial charge in [-0.25, -0.2) is 0 Å². The summed E-state index contributed by atoms with van der Waals surface area (Å²) in [7, 11) is 0. The summed E-state index contributed by atoms with van der Waals surface area (Å²) in [5.41, 5.74) is 5.96. The zero-order valence-electron chi connectivity index (χ0n) is 6.88. The van der Waals surface area contributed by atoms with Gasteiger partial charge in [0.15, 0.2) is 0 Å². The van der Waals surface area contributed by atoms with E-state index in [2.05, 4.69) is 0 Å². The summed E-state index contributed by atoms with van der Waals surface area (Å²) in [5, 5.41) is 19.1. The molecule has 13 heavy (non-hydrogen) atoms. The van der Waals surface area contributed by atoms with Crippen LogP contribution in [-0.4, -0.2) is 16.2 Å². The van der Waals surface area contributed by atoms with Gasteiger partial charge in [0.05, 0.1) is 6.42 Å². The largest absolute Gasteiger partial charge is 0.508 e. The van der Waals surface area contributed by atoms with E-state index < -0.39 is 11.1 Å². The summed E-state index contributed by atoms with van der Waals surface area (Å²) in [6, 6.07) is 6.17. The first-order valence-corrected chi connectivity index (χ1v) is 3.76. The molecule has 70 valence electrons. The van der Waals surface area contributed by atoms with Crippen LogP contribution in [0.5, 0.6) is 5.75 Å². The molecule has 1 rings (SSSR count). The lowest BCUT2D eigenvalue weighted by Crippen LogP contribution is -2.31. The zero-order chi connectivity index (χ0) is 9.84. The molecule has 5 nitrogen and oxygen atoms in total. The fraction of sp³-hybridized carbons (Fsp3) is 0.250. The highest BCUT2D eigenvalue weighted by atomic mass is 16.6. The monoisotopic (exact) mass is 182 g/mol. The van der Waals surface area contributed by atoms with Crippen molar-refractivity contribution in [3.05, 3.63) is 39.9 Å². The van der Waals surface area contributed by atoms with Gasteiger partial charge in [0.2, 0.25) is 0 Å². The summed E-state index contributed by atoms with van der Waals surface area (Å²) < 4.78 is 0. The van der Waals surface area contributed by atoms with Crippen LogP contribution in [0.3, 0.4) is 0 Å². The quantitative estimate of drug-likeness (QED) is 0.404. The Bertz CT molecular complexity index is 297. The molecule has 0 amide bonds. The van der Waals surface area contributed by atoms with Gasteiger partial charge in [-0.2, -0.15) is 0 Å². The highest BCUT2D eigenvalue weighted by molar-refractivity contribution is 5.26. The Hall–Kier alpha value is -1.62. The summed E-state index contributed by atoms with van der Waals surface area (Å²) in [5.74, 6) is 0.137. The van der Waals surface area contributed by atoms with Gasteiger partial charge in [-0.1, -0.05) is 12.1 Å². The van der Waals surface area contributed by atoms with Crippen molar-refractivity contribution in [2.75, 3.05) is 0 Å². The van der Waals surface area contributed by atoms with Crippen molar-refractivity contribution in [3.63, 3.8) is 0 Å². The number of nitrogens with zero attached hydrogens (tertiary/aromatic N) is 1. The number of hydrogen-bond donors (Lipinski definition) is 2. The van der Waals surface area contributed by atoms with Crippen molar-refractivity contribution in [3.8, 4) is 5.75 Å². The molecule has 0 spiro atoms. The number of benzene rings is 1. The van der Waals surface area contributed by atoms with Crippen molar-refractivity contribution in [1.29, 1.82) is 0 Å². The van der Waals surface area contributed by atoms with Crippen LogP contribution >= 0.6 is 0 Å². The lowest BCUT2D eigenvalue weighted by molar-refractivity contribution is -0.520. The van der Waals surface area contributed by atoms with Crippen LogP contribution in [-0.2, 0) is 6.42 Å². The first-order valence-electron chi connectivity index (χ1n) is 3.76. The molecule has 0 aliphatic carbocycles. The number of nitro groups is 1. The molecular weight excluding hydrogens is 172 g/mol. The van der Waals surface area contributed by atoms with Gasteiger partial charge in [-0.05, 0) is 17.7 Å². The normalized spacial score (nSPS) is 12.4. The van der Waals surface area contributed by atoms with E-state index in [4.69, 9.17) is 10.8 Å². The summed E-state index contributed by atoms with van der Waals surface area (Å²) in [4.78, 5) is 9.67. The smallest absolute Gasteiger partial charge is 0.267 e. The van der Waals surface area contributed by atoms with Crippen molar-refractivity contribution in [2.24, 2.45) is 5.73 Å². The van der Waals surface area contributed by atoms with E-state index in [9.17, 15) is 10.1 Å². The fourth-order valence-electron chi connectivity index (χ4n) is 0.948. The predicted octanol–water partition coefficient (Wildman–Crippen LogP) is 0.496. The third kappa shape index (κ3) is 2.72. The van der Waals surface area contributed by atoms with E-state index in [-0.39, 0.29) is 12.2 Å². The molecule has 0 unspecified atom stereocenters. The molecule has 0 radical (unpaired) electrons. The van der Waals surface area contributed by atoms with Crippen molar-refractivity contribution >= 4 is 0 Å². The van der Waals surface area contributed by atoms with E-state index >= 15 is 0 Å². The topological polar surface area (TPSA) is 89.4 Å². The number of aromatic hydroxyl groups is 1. The van der Waals surface area contributed by atoms with E-state index in [0.29, 0.717) is 0 Å². The summed E-state index contributed by atoms with van der Waals surface area (Å²) >= 11 is 0. The number of rotatable bonds is 3. The predicted molar refractivity (Wildman–Crippen MR) is 46.8 cm³/mol. The molecule has 0 saturated heterocycles. The van der Waals surface area contributed by atoms with Crippen LogP contribution in [0.25, 0.3) is 0 Å². The Labute approximate surface area is 74.9 Å². The maximum Gasteiger partial charge on any atom is 0.267 e. The van der Waals surface area contributed by atoms with Gasteiger partial charge >= 0.3 is 0 Å². The Morgan fingerprint density at radius 2 is 2.00 bits per heavy atom. The lowest BCUT2D eigenvalue weighted by atomic mass is 10.1. The van der Waals surface area contributed by atoms with Gasteiger partial charge in [0.1, 0.15) is 5.75 Å². The fourth-order valence-corrected chi connectivity index (χ4v) is 0.948. The lowest BCUT2D eigenvalue weighted by Gasteiger charge is -2.03. The molecule has 5 heteroatoms. The van der Waals surface area contributed by atoms with Crippen LogP contribution in [0.1, 0.15) is 5.56 Å². The average Bonchev–Trinajstić information content (AvgIpc) is 2.08. The second kappa shape index (κ2) is 3.86. The van der Waals surface area contributed by atoms with Crippen LogP contribution < -0.4 is 5.73 Å². The number of nitrogens with two attached hydrogens (primary N) is 1. The average molecular weight is 182 g/mol. The highest BCUT2D eigenvalue weighted by Gasteiger charge is 2.13. The van der Waals surface area contributed by atoms with Gasteiger partial charge in [0.25, 0.3) is 6.17 Å². The molecule has 1 aromatic rings. The second-order valence-electron chi connectivity index (χ2n) is 2.72. The molecule has 0 bridgehead atoms. The van der Waals surface area contributed by atoms with Crippen molar-refractivity contribution < 1.29 is 10.0 Å². The Morgan fingerprint density at radius 1 is 1.46 bits per heavy atom. The number of phenols is 1. The van der Waals surface area contributed by atoms with Crippen LogP contribution in [0.4, 0.5) is 0 Å². The molecule has 0 heterocycles. The Balaban J connectivity index is 2.64. The molecule has 0 aromatic heterocycles. The Kier molecular flexibility index (Phi) is 2.81. The number of phenolic OH excluding ortho intramolecular Hbond substituents is 1. The third-order valence-corrected chi connectivity index (χ3v) is 1.65. The highest BCUT2D eigenvalue weighted by Crippen LogP contribution is 2.10. The molecule has 3 N–H and O–H groups in total. The van der Waals surface area contributed by atoms with Crippen LogP contribution in [0.2, 0.25) is 0 Å². The van der Waals surface area contributed by atoms with Gasteiger partial charge in [-0.15, -0.1) is 0 Å². The summed E-state index contributed by atoms with van der Waals surface area (Å²) in [6.45, 7) is 0. The standard InChI is InChI=1S/C8H10N2O3/c9-8(10(12)13)5-6-1-3-7(11)4-2-6/h1-4,8,11H,5,9H2/t8-/m1/s1. The third-order valence-electron chi connectivity index (χ3n) is 1.65. The van der Waals surface area contributed by atoms with E-state index in [1.807, 2.05) is 0 Å². The molecular formula is C8H10N2O3.